The molecule has 2 aromatic rings. The lowest BCUT2D eigenvalue weighted by molar-refractivity contribution is 0.0954. The molecule has 0 spiro atoms. The highest BCUT2D eigenvalue weighted by Gasteiger charge is 2.10. The van der Waals surface area contributed by atoms with Crippen molar-refractivity contribution in [3.63, 3.8) is 0 Å². The third-order valence-electron chi connectivity index (χ3n) is 3.44. The number of methoxy groups -OCH3 is 2. The minimum atomic E-state index is -0.360. The van der Waals surface area contributed by atoms with Gasteiger partial charge in [0.25, 0.3) is 5.91 Å². The number of nitrogens with one attached hydrogen (secondary N) is 1. The Morgan fingerprint density at radius 2 is 1.85 bits per heavy atom. The number of carbonyl (C=O) groups excluding carboxylic acids is 1. The number of hydrogen-bond acceptors (Lipinski definition) is 5. The van der Waals surface area contributed by atoms with Crippen LogP contribution in [0, 0.1) is 0 Å². The van der Waals surface area contributed by atoms with Crippen LogP contribution in [0.2, 0.25) is 5.02 Å². The molecular weight excluding hydrogens is 356 g/mol. The summed E-state index contributed by atoms with van der Waals surface area (Å²) in [5, 5.41) is 4.41. The van der Waals surface area contributed by atoms with Gasteiger partial charge in [0.05, 0.1) is 32.1 Å². The molecule has 138 valence electrons. The molecule has 0 saturated heterocycles. The normalized spacial score (nSPS) is 10.6. The molecule has 0 aliphatic heterocycles. The van der Waals surface area contributed by atoms with E-state index in [1.165, 1.54) is 13.3 Å². The first kappa shape index (κ1) is 19.6. The molecule has 0 radical (unpaired) electrons. The van der Waals surface area contributed by atoms with Crippen molar-refractivity contribution in [2.45, 2.75) is 13.3 Å². The second-order valence-electron chi connectivity index (χ2n) is 5.31. The van der Waals surface area contributed by atoms with Gasteiger partial charge in [-0.1, -0.05) is 18.5 Å². The average molecular weight is 377 g/mol. The number of hydrazone groups is 1. The number of benzene rings is 2. The number of carbonyl (C=O) groups is 1. The first-order chi connectivity index (χ1) is 12.6. The monoisotopic (exact) mass is 376 g/mol. The lowest BCUT2D eigenvalue weighted by Crippen LogP contribution is -2.17. The van der Waals surface area contributed by atoms with Crippen molar-refractivity contribution in [3.05, 3.63) is 52.5 Å². The van der Waals surface area contributed by atoms with Gasteiger partial charge in [0.2, 0.25) is 0 Å². The molecule has 0 fully saturated rings. The van der Waals surface area contributed by atoms with Crippen molar-refractivity contribution in [3.8, 4) is 17.2 Å². The largest absolute Gasteiger partial charge is 0.495 e. The van der Waals surface area contributed by atoms with Crippen molar-refractivity contribution in [1.82, 2.24) is 5.43 Å². The molecule has 6 nitrogen and oxygen atoms in total. The van der Waals surface area contributed by atoms with E-state index in [1.54, 1.807) is 43.5 Å². The van der Waals surface area contributed by atoms with Crippen molar-refractivity contribution >= 4 is 23.7 Å². The lowest BCUT2D eigenvalue weighted by atomic mass is 10.2. The van der Waals surface area contributed by atoms with Crippen molar-refractivity contribution in [2.24, 2.45) is 5.10 Å². The van der Waals surface area contributed by atoms with E-state index in [0.29, 0.717) is 34.4 Å². The van der Waals surface area contributed by atoms with E-state index in [9.17, 15) is 4.79 Å². The molecule has 2 rings (SSSR count). The number of nitrogens with zero attached hydrogens (tertiary/aromatic N) is 1. The summed E-state index contributed by atoms with van der Waals surface area (Å²) in [6.45, 7) is 2.60. The number of rotatable bonds is 8. The van der Waals surface area contributed by atoms with Crippen LogP contribution in [0.5, 0.6) is 17.2 Å². The van der Waals surface area contributed by atoms with Crippen LogP contribution in [0.1, 0.15) is 29.3 Å². The van der Waals surface area contributed by atoms with Crippen LogP contribution in [0.4, 0.5) is 0 Å². The van der Waals surface area contributed by atoms with Crippen molar-refractivity contribution < 1.29 is 19.0 Å². The van der Waals surface area contributed by atoms with Crippen molar-refractivity contribution in [2.75, 3.05) is 20.8 Å². The van der Waals surface area contributed by atoms with E-state index in [0.717, 1.165) is 12.0 Å². The molecule has 7 heteroatoms. The van der Waals surface area contributed by atoms with E-state index in [4.69, 9.17) is 25.8 Å². The predicted molar refractivity (Wildman–Crippen MR) is 102 cm³/mol. The van der Waals surface area contributed by atoms with Gasteiger partial charge in [0, 0.05) is 5.56 Å². The van der Waals surface area contributed by atoms with E-state index < -0.39 is 0 Å². The highest BCUT2D eigenvalue weighted by Crippen LogP contribution is 2.28. The van der Waals surface area contributed by atoms with E-state index in [-0.39, 0.29) is 5.91 Å². The topological polar surface area (TPSA) is 69.2 Å². The Morgan fingerprint density at radius 1 is 1.12 bits per heavy atom. The Morgan fingerprint density at radius 3 is 2.50 bits per heavy atom. The van der Waals surface area contributed by atoms with Crippen LogP contribution >= 0.6 is 11.6 Å². The zero-order valence-corrected chi connectivity index (χ0v) is 15.7. The van der Waals surface area contributed by atoms with E-state index in [2.05, 4.69) is 10.5 Å². The summed E-state index contributed by atoms with van der Waals surface area (Å²) < 4.78 is 15.9. The van der Waals surface area contributed by atoms with Crippen molar-refractivity contribution in [1.29, 1.82) is 0 Å². The molecule has 2 aromatic carbocycles. The molecule has 0 bridgehead atoms. The molecule has 0 aliphatic carbocycles. The maximum Gasteiger partial charge on any atom is 0.271 e. The van der Waals surface area contributed by atoms with E-state index >= 15 is 0 Å². The molecule has 0 unspecified atom stereocenters. The first-order valence-corrected chi connectivity index (χ1v) is 8.44. The van der Waals surface area contributed by atoms with Gasteiger partial charge >= 0.3 is 0 Å². The minimum Gasteiger partial charge on any atom is -0.495 e. The zero-order valence-electron chi connectivity index (χ0n) is 14.9. The van der Waals surface area contributed by atoms with Crippen LogP contribution in [0.3, 0.4) is 0 Å². The SMILES string of the molecule is CCCOc1ccc(C(=O)N/N=C/c2ccc(OC)c(Cl)c2)cc1OC. The van der Waals surface area contributed by atoms with Gasteiger partial charge in [-0.2, -0.15) is 5.10 Å². The summed E-state index contributed by atoms with van der Waals surface area (Å²) >= 11 is 6.05. The molecule has 0 aromatic heterocycles. The molecule has 1 amide bonds. The van der Waals surface area contributed by atoms with Gasteiger partial charge < -0.3 is 14.2 Å². The standard InChI is InChI=1S/C19H21ClN2O4/c1-4-9-26-17-8-6-14(11-18(17)25-3)19(23)22-21-12-13-5-7-16(24-2)15(20)10-13/h5-8,10-12H,4,9H2,1-3H3,(H,22,23)/b21-12+. The zero-order chi connectivity index (χ0) is 18.9. The Kier molecular flexibility index (Phi) is 7.29. The number of halogens is 1. The van der Waals surface area contributed by atoms with Crippen LogP contribution in [-0.2, 0) is 0 Å². The summed E-state index contributed by atoms with van der Waals surface area (Å²) in [4.78, 5) is 12.2. The number of ether oxygens (including phenoxy) is 3. The van der Waals surface area contributed by atoms with Crippen LogP contribution in [-0.4, -0.2) is 32.9 Å². The summed E-state index contributed by atoms with van der Waals surface area (Å²) in [5.74, 6) is 1.31. The average Bonchev–Trinajstić information content (AvgIpc) is 2.66. The molecule has 26 heavy (non-hydrogen) atoms. The highest BCUT2D eigenvalue weighted by molar-refractivity contribution is 6.32. The van der Waals surface area contributed by atoms with E-state index in [1.807, 2.05) is 6.92 Å². The molecule has 0 saturated carbocycles. The van der Waals surface area contributed by atoms with Crippen LogP contribution in [0.15, 0.2) is 41.5 Å². The fourth-order valence-electron chi connectivity index (χ4n) is 2.13. The molecular formula is C19H21ClN2O4. The van der Waals surface area contributed by atoms with Gasteiger partial charge in [0.15, 0.2) is 11.5 Å². The Hall–Kier alpha value is -2.73. The van der Waals surface area contributed by atoms with Gasteiger partial charge in [0.1, 0.15) is 5.75 Å². The third-order valence-corrected chi connectivity index (χ3v) is 3.74. The summed E-state index contributed by atoms with van der Waals surface area (Å²) in [6, 6.07) is 10.2. The molecule has 0 heterocycles. The van der Waals surface area contributed by atoms with Gasteiger partial charge in [-0.15, -0.1) is 0 Å². The molecule has 0 aliphatic rings. The predicted octanol–water partition coefficient (Wildman–Crippen LogP) is 3.91. The second-order valence-corrected chi connectivity index (χ2v) is 5.71. The Balaban J connectivity index is 2.04. The van der Waals surface area contributed by atoms with Gasteiger partial charge in [-0.25, -0.2) is 5.43 Å². The van der Waals surface area contributed by atoms with Crippen LogP contribution < -0.4 is 19.6 Å². The lowest BCUT2D eigenvalue weighted by Gasteiger charge is -2.11. The fourth-order valence-corrected chi connectivity index (χ4v) is 2.40. The Bertz CT molecular complexity index is 793. The van der Waals surface area contributed by atoms with Gasteiger partial charge in [-0.3, -0.25) is 4.79 Å². The molecule has 0 atom stereocenters. The fraction of sp³-hybridized carbons (Fsp3) is 0.263. The third kappa shape index (κ3) is 5.13. The van der Waals surface area contributed by atoms with Gasteiger partial charge in [-0.05, 0) is 48.4 Å². The molecule has 1 N–H and O–H groups in total. The minimum absolute atomic E-state index is 0.360. The first-order valence-electron chi connectivity index (χ1n) is 8.06. The smallest absolute Gasteiger partial charge is 0.271 e. The highest BCUT2D eigenvalue weighted by atomic mass is 35.5. The summed E-state index contributed by atoms with van der Waals surface area (Å²) in [6.07, 6.45) is 2.38. The maximum atomic E-state index is 12.2. The summed E-state index contributed by atoms with van der Waals surface area (Å²) in [7, 11) is 3.07. The quantitative estimate of drug-likeness (QED) is 0.560. The summed E-state index contributed by atoms with van der Waals surface area (Å²) in [5.41, 5.74) is 3.62. The van der Waals surface area contributed by atoms with Crippen LogP contribution in [0.25, 0.3) is 0 Å². The Labute approximate surface area is 157 Å². The number of amides is 1. The number of hydrogen-bond donors (Lipinski definition) is 1. The second kappa shape index (κ2) is 9.68. The maximum absolute atomic E-state index is 12.2.